The molecule has 0 bridgehead atoms. The highest BCUT2D eigenvalue weighted by Crippen LogP contribution is 2.14. The zero-order valence-electron chi connectivity index (χ0n) is 11.8. The monoisotopic (exact) mass is 258 g/mol. The van der Waals surface area contributed by atoms with Gasteiger partial charge in [0.15, 0.2) is 0 Å². The van der Waals surface area contributed by atoms with Gasteiger partial charge in [0.25, 0.3) is 0 Å². The first-order valence-electron chi connectivity index (χ1n) is 6.94. The molecule has 1 aliphatic heterocycles. The molecule has 0 aliphatic carbocycles. The van der Waals surface area contributed by atoms with Crippen molar-refractivity contribution >= 4 is 12.0 Å². The van der Waals surface area contributed by atoms with Crippen LogP contribution in [0.25, 0.3) is 6.08 Å². The van der Waals surface area contributed by atoms with Crippen LogP contribution < -0.4 is 0 Å². The summed E-state index contributed by atoms with van der Waals surface area (Å²) in [5.41, 5.74) is 2.00. The Labute approximate surface area is 115 Å². The highest BCUT2D eigenvalue weighted by Gasteiger charge is 2.20. The van der Waals surface area contributed by atoms with E-state index in [9.17, 15) is 4.79 Å². The molecule has 19 heavy (non-hydrogen) atoms. The summed E-state index contributed by atoms with van der Waals surface area (Å²) < 4.78 is 0. The Kier molecular flexibility index (Phi) is 4.74. The molecular formula is C16H22N2O. The molecule has 2 rings (SSSR count). The topological polar surface area (TPSA) is 23.6 Å². The van der Waals surface area contributed by atoms with E-state index in [0.717, 1.165) is 43.7 Å². The molecule has 0 atom stereocenters. The number of nitrogens with zero attached hydrogens (tertiary/aromatic N) is 2. The molecule has 0 saturated carbocycles. The number of amides is 1. The van der Waals surface area contributed by atoms with Crippen molar-refractivity contribution in [2.45, 2.75) is 13.3 Å². The molecule has 1 aromatic carbocycles. The average Bonchev–Trinajstić information content (AvgIpc) is 2.46. The van der Waals surface area contributed by atoms with E-state index >= 15 is 0 Å². The summed E-state index contributed by atoms with van der Waals surface area (Å²) in [6, 6.07) is 10.1. The van der Waals surface area contributed by atoms with Gasteiger partial charge in [-0.3, -0.25) is 4.79 Å². The van der Waals surface area contributed by atoms with Crippen molar-refractivity contribution in [1.82, 2.24) is 9.80 Å². The van der Waals surface area contributed by atoms with Gasteiger partial charge in [-0.1, -0.05) is 37.3 Å². The van der Waals surface area contributed by atoms with Crippen molar-refractivity contribution < 1.29 is 4.79 Å². The highest BCUT2D eigenvalue weighted by molar-refractivity contribution is 5.97. The van der Waals surface area contributed by atoms with Crippen LogP contribution in [0.3, 0.4) is 0 Å². The lowest BCUT2D eigenvalue weighted by molar-refractivity contribution is -0.128. The van der Waals surface area contributed by atoms with Gasteiger partial charge in [0.1, 0.15) is 0 Å². The second kappa shape index (κ2) is 6.53. The van der Waals surface area contributed by atoms with Crippen molar-refractivity contribution in [2.75, 3.05) is 33.2 Å². The van der Waals surface area contributed by atoms with Gasteiger partial charge >= 0.3 is 0 Å². The number of hydrogen-bond donors (Lipinski definition) is 0. The first kappa shape index (κ1) is 13.8. The minimum absolute atomic E-state index is 0.194. The molecule has 1 aliphatic rings. The number of likely N-dealkylation sites (N-methyl/N-ethyl adjacent to an activating group) is 1. The lowest BCUT2D eigenvalue weighted by atomic mass is 10.1. The second-order valence-electron chi connectivity index (χ2n) is 5.03. The van der Waals surface area contributed by atoms with Crippen LogP contribution in [0.1, 0.15) is 18.9 Å². The van der Waals surface area contributed by atoms with Gasteiger partial charge in [-0.15, -0.1) is 0 Å². The zero-order chi connectivity index (χ0) is 13.7. The van der Waals surface area contributed by atoms with Gasteiger partial charge < -0.3 is 9.80 Å². The molecule has 1 saturated heterocycles. The SMILES string of the molecule is CC/C(=C\c1ccccc1)C(=O)N1CCN(C)CC1. The summed E-state index contributed by atoms with van der Waals surface area (Å²) in [5.74, 6) is 0.194. The van der Waals surface area contributed by atoms with Crippen molar-refractivity contribution in [3.8, 4) is 0 Å². The second-order valence-corrected chi connectivity index (χ2v) is 5.03. The van der Waals surface area contributed by atoms with Crippen molar-refractivity contribution in [2.24, 2.45) is 0 Å². The highest BCUT2D eigenvalue weighted by atomic mass is 16.2. The molecule has 3 nitrogen and oxygen atoms in total. The largest absolute Gasteiger partial charge is 0.336 e. The number of rotatable bonds is 3. The van der Waals surface area contributed by atoms with Gasteiger partial charge in [0, 0.05) is 31.8 Å². The first-order valence-corrected chi connectivity index (χ1v) is 6.94. The minimum Gasteiger partial charge on any atom is -0.336 e. The maximum Gasteiger partial charge on any atom is 0.249 e. The summed E-state index contributed by atoms with van der Waals surface area (Å²) in [6.07, 6.45) is 2.79. The fraction of sp³-hybridized carbons (Fsp3) is 0.438. The quantitative estimate of drug-likeness (QED) is 0.776. The van der Waals surface area contributed by atoms with Crippen LogP contribution in [0.2, 0.25) is 0 Å². The number of carbonyl (C=O) groups excluding carboxylic acids is 1. The number of carbonyl (C=O) groups is 1. The molecule has 102 valence electrons. The van der Waals surface area contributed by atoms with Crippen LogP contribution in [-0.2, 0) is 4.79 Å². The fourth-order valence-corrected chi connectivity index (χ4v) is 2.28. The maximum absolute atomic E-state index is 12.5. The molecule has 0 radical (unpaired) electrons. The molecule has 1 amide bonds. The van der Waals surface area contributed by atoms with Gasteiger partial charge in [0.2, 0.25) is 5.91 Å². The first-order chi connectivity index (χ1) is 9.20. The van der Waals surface area contributed by atoms with Gasteiger partial charge in [-0.25, -0.2) is 0 Å². The Bertz CT molecular complexity index is 445. The lowest BCUT2D eigenvalue weighted by Crippen LogP contribution is -2.47. The van der Waals surface area contributed by atoms with E-state index in [1.807, 2.05) is 48.2 Å². The van der Waals surface area contributed by atoms with E-state index in [2.05, 4.69) is 11.9 Å². The summed E-state index contributed by atoms with van der Waals surface area (Å²) in [4.78, 5) is 16.7. The molecule has 1 aromatic rings. The predicted molar refractivity (Wildman–Crippen MR) is 78.8 cm³/mol. The summed E-state index contributed by atoms with van der Waals surface area (Å²) >= 11 is 0. The lowest BCUT2D eigenvalue weighted by Gasteiger charge is -2.33. The Morgan fingerprint density at radius 1 is 1.16 bits per heavy atom. The predicted octanol–water partition coefficient (Wildman–Crippen LogP) is 2.25. The average molecular weight is 258 g/mol. The number of piperazine rings is 1. The molecular weight excluding hydrogens is 236 g/mol. The van der Waals surface area contributed by atoms with E-state index in [-0.39, 0.29) is 5.91 Å². The van der Waals surface area contributed by atoms with E-state index in [4.69, 9.17) is 0 Å². The summed E-state index contributed by atoms with van der Waals surface area (Å²) in [6.45, 7) is 5.65. The molecule has 1 heterocycles. The summed E-state index contributed by atoms with van der Waals surface area (Å²) in [7, 11) is 2.10. The third-order valence-electron chi connectivity index (χ3n) is 3.59. The Hall–Kier alpha value is -1.61. The molecule has 1 fully saturated rings. The van der Waals surface area contributed by atoms with Crippen molar-refractivity contribution in [1.29, 1.82) is 0 Å². The molecule has 0 unspecified atom stereocenters. The van der Waals surface area contributed by atoms with Crippen LogP contribution >= 0.6 is 0 Å². The Morgan fingerprint density at radius 3 is 2.37 bits per heavy atom. The van der Waals surface area contributed by atoms with Crippen molar-refractivity contribution in [3.63, 3.8) is 0 Å². The normalized spacial score (nSPS) is 17.6. The van der Waals surface area contributed by atoms with Crippen LogP contribution in [0.15, 0.2) is 35.9 Å². The van der Waals surface area contributed by atoms with E-state index < -0.39 is 0 Å². The fourth-order valence-electron chi connectivity index (χ4n) is 2.28. The summed E-state index contributed by atoms with van der Waals surface area (Å²) in [5, 5.41) is 0. The Morgan fingerprint density at radius 2 is 1.79 bits per heavy atom. The number of hydrogen-bond acceptors (Lipinski definition) is 2. The zero-order valence-corrected chi connectivity index (χ0v) is 11.8. The van der Waals surface area contributed by atoms with Crippen LogP contribution in [-0.4, -0.2) is 48.9 Å². The van der Waals surface area contributed by atoms with E-state index in [0.29, 0.717) is 0 Å². The van der Waals surface area contributed by atoms with E-state index in [1.54, 1.807) is 0 Å². The Balaban J connectivity index is 2.09. The molecule has 3 heteroatoms. The van der Waals surface area contributed by atoms with Gasteiger partial charge in [-0.2, -0.15) is 0 Å². The molecule has 0 spiro atoms. The van der Waals surface area contributed by atoms with Crippen LogP contribution in [0.4, 0.5) is 0 Å². The number of benzene rings is 1. The van der Waals surface area contributed by atoms with Gasteiger partial charge in [-0.05, 0) is 25.1 Å². The van der Waals surface area contributed by atoms with Crippen molar-refractivity contribution in [3.05, 3.63) is 41.5 Å². The maximum atomic E-state index is 12.5. The molecule has 0 N–H and O–H groups in total. The van der Waals surface area contributed by atoms with Crippen LogP contribution in [0.5, 0.6) is 0 Å². The van der Waals surface area contributed by atoms with Gasteiger partial charge in [0.05, 0.1) is 0 Å². The van der Waals surface area contributed by atoms with E-state index in [1.165, 1.54) is 0 Å². The minimum atomic E-state index is 0.194. The third-order valence-corrected chi connectivity index (χ3v) is 3.59. The smallest absolute Gasteiger partial charge is 0.249 e. The third kappa shape index (κ3) is 3.67. The molecule has 0 aromatic heterocycles. The standard InChI is InChI=1S/C16H22N2O/c1-3-15(13-14-7-5-4-6-8-14)16(19)18-11-9-17(2)10-12-18/h4-8,13H,3,9-12H2,1-2H3/b15-13+. The van der Waals surface area contributed by atoms with Crippen LogP contribution in [0, 0.1) is 0 Å².